The molecule has 1 aliphatic rings. The van der Waals surface area contributed by atoms with E-state index in [-0.39, 0.29) is 29.7 Å². The summed E-state index contributed by atoms with van der Waals surface area (Å²) >= 11 is 0. The van der Waals surface area contributed by atoms with Gasteiger partial charge in [0, 0.05) is 24.7 Å². The van der Waals surface area contributed by atoms with E-state index in [1.165, 1.54) is 6.92 Å². The average Bonchev–Trinajstić information content (AvgIpc) is 2.15. The lowest BCUT2D eigenvalue weighted by Gasteiger charge is -2.41. The summed E-state index contributed by atoms with van der Waals surface area (Å²) in [6, 6.07) is 0.237. The van der Waals surface area contributed by atoms with Crippen molar-refractivity contribution >= 4 is 11.7 Å². The molecule has 0 spiro atoms. The predicted octanol–water partition coefficient (Wildman–Crippen LogP) is 1.34. The maximum absolute atomic E-state index is 11.5. The van der Waals surface area contributed by atoms with Gasteiger partial charge in [-0.05, 0) is 40.5 Å². The summed E-state index contributed by atoms with van der Waals surface area (Å²) in [5.74, 6) is -0.207. The molecule has 1 heterocycles. The van der Waals surface area contributed by atoms with Crippen molar-refractivity contribution < 1.29 is 9.59 Å². The molecule has 98 valence electrons. The molecule has 0 atom stereocenters. The van der Waals surface area contributed by atoms with Crippen molar-refractivity contribution in [3.8, 4) is 0 Å². The molecule has 1 rings (SSSR count). The number of Topliss-reactive ketones (excluding diaryl/α,β-unsaturated/α-hetero) is 1. The van der Waals surface area contributed by atoms with Crippen LogP contribution in [-0.2, 0) is 9.59 Å². The fourth-order valence-corrected chi connectivity index (χ4v) is 2.20. The standard InChI is InChI=1S/C13H24N2O2/c1-10(16)9-12(17)14-11-5-7-15(8-6-11)13(2,3)4/h11H,5-9H2,1-4H3,(H,14,17). The van der Waals surface area contributed by atoms with Crippen molar-refractivity contribution in [3.63, 3.8) is 0 Å². The highest BCUT2D eigenvalue weighted by Gasteiger charge is 2.27. The molecule has 0 aromatic rings. The van der Waals surface area contributed by atoms with Crippen molar-refractivity contribution in [2.75, 3.05) is 13.1 Å². The Balaban J connectivity index is 2.33. The zero-order valence-electron chi connectivity index (χ0n) is 11.4. The molecule has 4 heteroatoms. The first-order valence-electron chi connectivity index (χ1n) is 6.33. The van der Waals surface area contributed by atoms with Crippen LogP contribution in [0.4, 0.5) is 0 Å². The molecule has 1 amide bonds. The highest BCUT2D eigenvalue weighted by Crippen LogP contribution is 2.19. The van der Waals surface area contributed by atoms with Gasteiger partial charge in [-0.15, -0.1) is 0 Å². The Hall–Kier alpha value is -0.900. The number of carbonyl (C=O) groups excluding carboxylic acids is 2. The number of rotatable bonds is 3. The first-order chi connectivity index (χ1) is 7.79. The van der Waals surface area contributed by atoms with Crippen LogP contribution >= 0.6 is 0 Å². The second kappa shape index (κ2) is 5.63. The molecule has 0 saturated carbocycles. The highest BCUT2D eigenvalue weighted by atomic mass is 16.2. The summed E-state index contributed by atoms with van der Waals surface area (Å²) in [7, 11) is 0. The molecule has 17 heavy (non-hydrogen) atoms. The van der Waals surface area contributed by atoms with Crippen LogP contribution in [0.5, 0.6) is 0 Å². The van der Waals surface area contributed by atoms with E-state index in [1.807, 2.05) is 0 Å². The molecule has 0 aromatic carbocycles. The van der Waals surface area contributed by atoms with Crippen LogP contribution in [0.2, 0.25) is 0 Å². The lowest BCUT2D eigenvalue weighted by molar-refractivity contribution is -0.127. The van der Waals surface area contributed by atoms with Gasteiger partial charge in [0.15, 0.2) is 0 Å². The van der Waals surface area contributed by atoms with Crippen LogP contribution in [-0.4, -0.2) is 41.3 Å². The van der Waals surface area contributed by atoms with Crippen molar-refractivity contribution in [3.05, 3.63) is 0 Å². The monoisotopic (exact) mass is 240 g/mol. The number of nitrogens with one attached hydrogen (secondary N) is 1. The highest BCUT2D eigenvalue weighted by molar-refractivity contribution is 5.96. The second-order valence-corrected chi connectivity index (χ2v) is 5.88. The van der Waals surface area contributed by atoms with Gasteiger partial charge in [0.2, 0.25) is 5.91 Å². The number of hydrogen-bond acceptors (Lipinski definition) is 3. The first-order valence-corrected chi connectivity index (χ1v) is 6.33. The number of amides is 1. The summed E-state index contributed by atoms with van der Waals surface area (Å²) in [5, 5.41) is 2.94. The van der Waals surface area contributed by atoms with Gasteiger partial charge >= 0.3 is 0 Å². The molecule has 0 unspecified atom stereocenters. The molecule has 1 N–H and O–H groups in total. The van der Waals surface area contributed by atoms with Crippen molar-refractivity contribution in [2.45, 2.75) is 58.5 Å². The number of hydrogen-bond donors (Lipinski definition) is 1. The van der Waals surface area contributed by atoms with Crippen molar-refractivity contribution in [1.29, 1.82) is 0 Å². The minimum absolute atomic E-state index is 0.0134. The third-order valence-corrected chi connectivity index (χ3v) is 3.22. The van der Waals surface area contributed by atoms with E-state index in [9.17, 15) is 9.59 Å². The number of carbonyl (C=O) groups is 2. The Morgan fingerprint density at radius 1 is 1.24 bits per heavy atom. The van der Waals surface area contributed by atoms with Crippen LogP contribution in [0.25, 0.3) is 0 Å². The third kappa shape index (κ3) is 4.86. The minimum Gasteiger partial charge on any atom is -0.353 e. The predicted molar refractivity (Wildman–Crippen MR) is 67.8 cm³/mol. The van der Waals surface area contributed by atoms with Gasteiger partial charge < -0.3 is 5.32 Å². The first kappa shape index (κ1) is 14.2. The lowest BCUT2D eigenvalue weighted by Crippen LogP contribution is -2.50. The van der Waals surface area contributed by atoms with Gasteiger partial charge in [0.05, 0.1) is 6.42 Å². The van der Waals surface area contributed by atoms with Gasteiger partial charge in [-0.2, -0.15) is 0 Å². The smallest absolute Gasteiger partial charge is 0.227 e. The van der Waals surface area contributed by atoms with Crippen molar-refractivity contribution in [1.82, 2.24) is 10.2 Å². The molecule has 1 saturated heterocycles. The van der Waals surface area contributed by atoms with Gasteiger partial charge in [-0.3, -0.25) is 14.5 Å². The maximum atomic E-state index is 11.5. The van der Waals surface area contributed by atoms with Gasteiger partial charge in [0.25, 0.3) is 0 Å². The normalized spacial score (nSPS) is 19.1. The van der Waals surface area contributed by atoms with E-state index in [2.05, 4.69) is 31.0 Å². The van der Waals surface area contributed by atoms with E-state index < -0.39 is 0 Å². The largest absolute Gasteiger partial charge is 0.353 e. The van der Waals surface area contributed by atoms with E-state index in [4.69, 9.17) is 0 Å². The average molecular weight is 240 g/mol. The molecule has 0 bridgehead atoms. The SMILES string of the molecule is CC(=O)CC(=O)NC1CCN(C(C)(C)C)CC1. The van der Waals surface area contributed by atoms with Gasteiger partial charge in [-0.25, -0.2) is 0 Å². The number of likely N-dealkylation sites (tertiary alicyclic amines) is 1. The fraction of sp³-hybridized carbons (Fsp3) is 0.846. The van der Waals surface area contributed by atoms with Crippen molar-refractivity contribution in [2.24, 2.45) is 0 Å². The molecule has 0 aliphatic carbocycles. The number of ketones is 1. The zero-order chi connectivity index (χ0) is 13.1. The Kier molecular flexibility index (Phi) is 4.69. The topological polar surface area (TPSA) is 49.4 Å². The summed E-state index contributed by atoms with van der Waals surface area (Å²) < 4.78 is 0. The fourth-order valence-electron chi connectivity index (χ4n) is 2.20. The molecule has 0 radical (unpaired) electrons. The minimum atomic E-state index is -0.133. The number of nitrogens with zero attached hydrogens (tertiary/aromatic N) is 1. The Morgan fingerprint density at radius 3 is 2.18 bits per heavy atom. The van der Waals surface area contributed by atoms with Crippen LogP contribution < -0.4 is 5.32 Å². The van der Waals surface area contributed by atoms with Crippen LogP contribution in [0, 0.1) is 0 Å². The Morgan fingerprint density at radius 2 is 1.76 bits per heavy atom. The maximum Gasteiger partial charge on any atom is 0.227 e. The van der Waals surface area contributed by atoms with Crippen LogP contribution in [0.3, 0.4) is 0 Å². The Labute approximate surface area is 104 Å². The molecule has 1 aliphatic heterocycles. The van der Waals surface area contributed by atoms with Gasteiger partial charge in [-0.1, -0.05) is 0 Å². The summed E-state index contributed by atoms with van der Waals surface area (Å²) in [4.78, 5) is 24.7. The summed E-state index contributed by atoms with van der Waals surface area (Å²) in [6.07, 6.45) is 1.96. The van der Waals surface area contributed by atoms with E-state index >= 15 is 0 Å². The Bertz CT molecular complexity index is 286. The lowest BCUT2D eigenvalue weighted by atomic mass is 9.98. The van der Waals surface area contributed by atoms with E-state index in [1.54, 1.807) is 0 Å². The third-order valence-electron chi connectivity index (χ3n) is 3.22. The van der Waals surface area contributed by atoms with Crippen LogP contribution in [0.15, 0.2) is 0 Å². The van der Waals surface area contributed by atoms with Gasteiger partial charge in [0.1, 0.15) is 5.78 Å². The molecule has 1 fully saturated rings. The quantitative estimate of drug-likeness (QED) is 0.757. The zero-order valence-corrected chi connectivity index (χ0v) is 11.4. The molecule has 0 aromatic heterocycles. The van der Waals surface area contributed by atoms with E-state index in [0.29, 0.717) is 0 Å². The number of piperidine rings is 1. The summed E-state index contributed by atoms with van der Waals surface area (Å²) in [6.45, 7) is 10.1. The second-order valence-electron chi connectivity index (χ2n) is 5.88. The van der Waals surface area contributed by atoms with Crippen LogP contribution in [0.1, 0.15) is 47.0 Å². The molecular formula is C13H24N2O2. The molecule has 4 nitrogen and oxygen atoms in total. The van der Waals surface area contributed by atoms with E-state index in [0.717, 1.165) is 25.9 Å². The molecular weight excluding hydrogens is 216 g/mol. The summed E-state index contributed by atoms with van der Waals surface area (Å²) in [5.41, 5.74) is 0.203.